The Kier molecular flexibility index (Phi) is 9.97. The fourth-order valence-corrected chi connectivity index (χ4v) is 2.95. The van der Waals surface area contributed by atoms with Gasteiger partial charge in [0.05, 0.1) is 17.1 Å². The molecule has 0 spiro atoms. The van der Waals surface area contributed by atoms with Gasteiger partial charge in [0.2, 0.25) is 0 Å². The van der Waals surface area contributed by atoms with Crippen molar-refractivity contribution in [1.82, 2.24) is 29.1 Å². The summed E-state index contributed by atoms with van der Waals surface area (Å²) in [5.41, 5.74) is 6.23. The van der Waals surface area contributed by atoms with Crippen LogP contribution in [0.2, 0.25) is 0 Å². The van der Waals surface area contributed by atoms with E-state index in [4.69, 9.17) is 0 Å². The Balaban J connectivity index is 0.00000127. The molecule has 0 aliphatic rings. The van der Waals surface area contributed by atoms with Crippen LogP contribution >= 0.6 is 0 Å². The normalized spacial score (nSPS) is 9.74. The van der Waals surface area contributed by atoms with Crippen molar-refractivity contribution in [1.29, 1.82) is 0 Å². The first-order valence-electron chi connectivity index (χ1n) is 8.45. The average molecular weight is 545 g/mol. The molecule has 8 heteroatoms. The minimum Gasteiger partial charge on any atom is -0.422 e. The second-order valence-electron chi connectivity index (χ2n) is 5.96. The van der Waals surface area contributed by atoms with Crippen molar-refractivity contribution in [2.45, 2.75) is 41.5 Å². The fraction of sp³-hybridized carbons (Fsp3) is 0.316. The molecule has 0 bridgehead atoms. The van der Waals surface area contributed by atoms with Crippen LogP contribution in [0.15, 0.2) is 44.5 Å². The molecule has 3 heterocycles. The molecule has 0 saturated heterocycles. The number of hydrogen-bond donors (Lipinski definition) is 0. The zero-order valence-electron chi connectivity index (χ0n) is 17.2. The van der Waals surface area contributed by atoms with E-state index in [1.165, 1.54) is 0 Å². The predicted molar refractivity (Wildman–Crippen MR) is 110 cm³/mol. The van der Waals surface area contributed by atoms with E-state index in [0.717, 1.165) is 34.2 Å². The Morgan fingerprint density at radius 3 is 0.963 bits per heavy atom. The molecule has 0 aliphatic carbocycles. The van der Waals surface area contributed by atoms with Gasteiger partial charge in [-0.05, 0) is 76.8 Å². The predicted octanol–water partition coefficient (Wildman–Crippen LogP) is 3.66. The van der Waals surface area contributed by atoms with Crippen LogP contribution < -0.4 is 0 Å². The van der Waals surface area contributed by atoms with Crippen LogP contribution in [0, 0.1) is 41.5 Å². The summed E-state index contributed by atoms with van der Waals surface area (Å²) in [6.07, 6.45) is 0. The van der Waals surface area contributed by atoms with Crippen molar-refractivity contribution in [3.8, 4) is 0 Å². The SMILES string of the molecule is C=C.C=C.Cc1cc(C)n([B-](n2nc(C)cc2C)n2nc(C)cc2C)n1.[Ir]. The first-order chi connectivity index (χ1) is 12.4. The van der Waals surface area contributed by atoms with Gasteiger partial charge in [0.1, 0.15) is 0 Å². The Labute approximate surface area is 176 Å². The maximum atomic E-state index is 4.66. The van der Waals surface area contributed by atoms with Gasteiger partial charge in [-0.25, -0.2) is 15.3 Å². The van der Waals surface area contributed by atoms with Crippen LogP contribution in [0.25, 0.3) is 0 Å². The van der Waals surface area contributed by atoms with Crippen LogP contribution in [-0.2, 0) is 20.1 Å². The van der Waals surface area contributed by atoms with Crippen molar-refractivity contribution >= 4 is 7.12 Å². The Morgan fingerprint density at radius 2 is 0.815 bits per heavy atom. The van der Waals surface area contributed by atoms with E-state index < -0.39 is 0 Å². The van der Waals surface area contributed by atoms with Crippen LogP contribution in [0.1, 0.15) is 34.2 Å². The maximum absolute atomic E-state index is 4.66. The molecule has 0 atom stereocenters. The second kappa shape index (κ2) is 10.8. The second-order valence-corrected chi connectivity index (χ2v) is 5.96. The Bertz CT molecular complexity index is 752. The third-order valence-electron chi connectivity index (χ3n) is 3.79. The molecule has 3 aromatic heterocycles. The molecular formula is C19H29BIrN6-. The summed E-state index contributed by atoms with van der Waals surface area (Å²) >= 11 is 0. The van der Waals surface area contributed by atoms with Gasteiger partial charge in [-0.1, -0.05) is 0 Å². The molecule has 6 nitrogen and oxygen atoms in total. The molecular weight excluding hydrogens is 515 g/mol. The van der Waals surface area contributed by atoms with E-state index >= 15 is 0 Å². The molecule has 27 heavy (non-hydrogen) atoms. The van der Waals surface area contributed by atoms with Gasteiger partial charge in [0.15, 0.2) is 0 Å². The molecule has 0 aromatic carbocycles. The van der Waals surface area contributed by atoms with Crippen molar-refractivity contribution in [3.05, 3.63) is 78.7 Å². The summed E-state index contributed by atoms with van der Waals surface area (Å²) in [7, 11) is -0.226. The molecule has 148 valence electrons. The van der Waals surface area contributed by atoms with Gasteiger partial charge in [-0.3, -0.25) is 0 Å². The van der Waals surface area contributed by atoms with E-state index in [1.54, 1.807) is 0 Å². The van der Waals surface area contributed by atoms with E-state index in [1.807, 2.05) is 34.5 Å². The molecule has 3 aromatic rings. The minimum atomic E-state index is -0.226. The van der Waals surface area contributed by atoms with Crippen molar-refractivity contribution in [2.75, 3.05) is 0 Å². The monoisotopic (exact) mass is 545 g/mol. The zero-order chi connectivity index (χ0) is 20.0. The number of rotatable bonds is 3. The summed E-state index contributed by atoms with van der Waals surface area (Å²) in [6, 6.07) is 6.22. The van der Waals surface area contributed by atoms with Crippen LogP contribution in [0.3, 0.4) is 0 Å². The molecule has 0 amide bonds. The van der Waals surface area contributed by atoms with Gasteiger partial charge in [0.25, 0.3) is 7.12 Å². The third-order valence-corrected chi connectivity index (χ3v) is 3.79. The summed E-state index contributed by atoms with van der Waals surface area (Å²) in [4.78, 5) is 0. The Hall–Kier alpha value is -2.18. The van der Waals surface area contributed by atoms with Gasteiger partial charge < -0.3 is 13.8 Å². The van der Waals surface area contributed by atoms with Gasteiger partial charge in [-0.15, -0.1) is 26.3 Å². The van der Waals surface area contributed by atoms with Gasteiger partial charge >= 0.3 is 0 Å². The Morgan fingerprint density at radius 1 is 0.593 bits per heavy atom. The van der Waals surface area contributed by atoms with Crippen molar-refractivity contribution in [3.63, 3.8) is 0 Å². The van der Waals surface area contributed by atoms with E-state index in [0.29, 0.717) is 0 Å². The standard InChI is InChI=1S/C15H21BN6.2C2H4.Ir/c1-10-7-13(4)20(17-10)16(21-14(5)8-11(2)18-21)22-15(6)9-12(3)19-22;2*1-2;/h7-9H,1-6H3;2*1-2H2;/q-1;;;. The number of aromatic nitrogens is 6. The topological polar surface area (TPSA) is 53.5 Å². The smallest absolute Gasteiger partial charge is 0.261 e. The van der Waals surface area contributed by atoms with Crippen LogP contribution in [0.4, 0.5) is 0 Å². The average Bonchev–Trinajstić information content (AvgIpc) is 3.22. The van der Waals surface area contributed by atoms with E-state index in [9.17, 15) is 0 Å². The first-order valence-corrected chi connectivity index (χ1v) is 8.45. The quantitative estimate of drug-likeness (QED) is 0.374. The van der Waals surface area contributed by atoms with Gasteiger partial charge in [0, 0.05) is 20.1 Å². The van der Waals surface area contributed by atoms with Crippen LogP contribution in [0.5, 0.6) is 0 Å². The number of hydrogen-bond acceptors (Lipinski definition) is 3. The molecule has 0 unspecified atom stereocenters. The third kappa shape index (κ3) is 5.40. The number of nitrogens with zero attached hydrogens (tertiary/aromatic N) is 6. The molecule has 0 saturated carbocycles. The molecule has 3 rings (SSSR count). The summed E-state index contributed by atoms with van der Waals surface area (Å²) < 4.78 is 5.94. The number of aryl methyl sites for hydroxylation is 6. The summed E-state index contributed by atoms with van der Waals surface area (Å²) in [5, 5.41) is 14.0. The first kappa shape index (κ1) is 24.8. The maximum Gasteiger partial charge on any atom is 0.261 e. The van der Waals surface area contributed by atoms with Crippen molar-refractivity contribution in [2.24, 2.45) is 0 Å². The zero-order valence-corrected chi connectivity index (χ0v) is 19.5. The van der Waals surface area contributed by atoms with Crippen LogP contribution in [-0.4, -0.2) is 36.2 Å². The molecule has 0 N–H and O–H groups in total. The minimum absolute atomic E-state index is 0. The fourth-order valence-electron chi connectivity index (χ4n) is 2.95. The van der Waals surface area contributed by atoms with E-state index in [2.05, 4.69) is 80.6 Å². The van der Waals surface area contributed by atoms with Crippen molar-refractivity contribution < 1.29 is 20.1 Å². The largest absolute Gasteiger partial charge is 0.422 e. The van der Waals surface area contributed by atoms with E-state index in [-0.39, 0.29) is 27.2 Å². The summed E-state index contributed by atoms with van der Waals surface area (Å²) in [5.74, 6) is 0. The summed E-state index contributed by atoms with van der Waals surface area (Å²) in [6.45, 7) is 24.2. The molecule has 0 fully saturated rings. The molecule has 0 aliphatic heterocycles. The molecule has 2 radical (unpaired) electrons. The van der Waals surface area contributed by atoms with Gasteiger partial charge in [-0.2, -0.15) is 0 Å².